The molecule has 1 aliphatic heterocycles. The van der Waals surface area contributed by atoms with Crippen molar-refractivity contribution < 1.29 is 13.2 Å². The fourth-order valence-corrected chi connectivity index (χ4v) is 2.20. The number of alkyl halides is 3. The second-order valence-corrected chi connectivity index (χ2v) is 4.57. The molecule has 0 aromatic carbocycles. The van der Waals surface area contributed by atoms with Crippen LogP contribution in [-0.4, -0.2) is 33.9 Å². The van der Waals surface area contributed by atoms with Crippen LogP contribution in [-0.2, 0) is 13.6 Å². The molecule has 0 spiro atoms. The van der Waals surface area contributed by atoms with Crippen molar-refractivity contribution in [3.63, 3.8) is 0 Å². The van der Waals surface area contributed by atoms with E-state index < -0.39 is 12.1 Å². The van der Waals surface area contributed by atoms with E-state index in [1.54, 1.807) is 4.68 Å². The zero-order valence-corrected chi connectivity index (χ0v) is 9.74. The summed E-state index contributed by atoms with van der Waals surface area (Å²) in [5.74, 6) is -1.12. The van der Waals surface area contributed by atoms with Crippen LogP contribution < -0.4 is 0 Å². The van der Waals surface area contributed by atoms with Crippen LogP contribution in [0.2, 0.25) is 0 Å². The van der Waals surface area contributed by atoms with Crippen molar-refractivity contribution in [2.45, 2.75) is 25.6 Å². The Bertz CT molecular complexity index is 364. The summed E-state index contributed by atoms with van der Waals surface area (Å²) in [5.41, 5.74) is 0.915. The van der Waals surface area contributed by atoms with E-state index in [4.69, 9.17) is 0 Å². The number of likely N-dealkylation sites (tertiary alicyclic amines) is 1. The van der Waals surface area contributed by atoms with Crippen LogP contribution >= 0.6 is 0 Å². The molecule has 1 aromatic rings. The molecule has 0 radical (unpaired) electrons. The maximum atomic E-state index is 12.5. The normalized spacial score (nSPS) is 19.8. The van der Waals surface area contributed by atoms with Gasteiger partial charge in [0.1, 0.15) is 0 Å². The minimum atomic E-state index is -4.03. The summed E-state index contributed by atoms with van der Waals surface area (Å²) in [6.45, 7) is 1.65. The Hall–Kier alpha value is -1.04. The minimum absolute atomic E-state index is 0.205. The van der Waals surface area contributed by atoms with E-state index in [1.807, 2.05) is 24.2 Å². The molecule has 0 aliphatic carbocycles. The SMILES string of the molecule is Cn1ccc(CN2CCC(C(F)(F)F)CC2)n1. The molecule has 3 nitrogen and oxygen atoms in total. The molecule has 1 aromatic heterocycles. The van der Waals surface area contributed by atoms with Crippen molar-refractivity contribution in [3.05, 3.63) is 18.0 Å². The van der Waals surface area contributed by atoms with Crippen LogP contribution in [0, 0.1) is 5.92 Å². The summed E-state index contributed by atoms with van der Waals surface area (Å²) in [4.78, 5) is 2.03. The first-order chi connectivity index (χ1) is 7.95. The molecule has 6 heteroatoms. The molecule has 1 fully saturated rings. The smallest absolute Gasteiger partial charge is 0.297 e. The fraction of sp³-hybridized carbons (Fsp3) is 0.727. The van der Waals surface area contributed by atoms with E-state index in [-0.39, 0.29) is 12.8 Å². The van der Waals surface area contributed by atoms with Gasteiger partial charge in [0.15, 0.2) is 0 Å². The Morgan fingerprint density at radius 3 is 2.47 bits per heavy atom. The maximum Gasteiger partial charge on any atom is 0.391 e. The zero-order chi connectivity index (χ0) is 12.5. The third-order valence-electron chi connectivity index (χ3n) is 3.20. The number of rotatable bonds is 2. The second-order valence-electron chi connectivity index (χ2n) is 4.57. The highest BCUT2D eigenvalue weighted by Gasteiger charge is 2.40. The highest BCUT2D eigenvalue weighted by molar-refractivity contribution is 4.98. The first-order valence-electron chi connectivity index (χ1n) is 5.73. The Kier molecular flexibility index (Phi) is 3.42. The van der Waals surface area contributed by atoms with Crippen molar-refractivity contribution in [1.29, 1.82) is 0 Å². The molecule has 0 unspecified atom stereocenters. The number of aromatic nitrogens is 2. The highest BCUT2D eigenvalue weighted by atomic mass is 19.4. The predicted molar refractivity (Wildman–Crippen MR) is 57.3 cm³/mol. The first kappa shape index (κ1) is 12.4. The number of aryl methyl sites for hydroxylation is 1. The summed E-state index contributed by atoms with van der Waals surface area (Å²) in [6, 6.07) is 1.90. The van der Waals surface area contributed by atoms with E-state index in [9.17, 15) is 13.2 Å². The third-order valence-corrected chi connectivity index (χ3v) is 3.20. The summed E-state index contributed by atoms with van der Waals surface area (Å²) in [5, 5.41) is 4.23. The average Bonchev–Trinajstić information content (AvgIpc) is 2.63. The van der Waals surface area contributed by atoms with E-state index in [0.29, 0.717) is 19.6 Å². The van der Waals surface area contributed by atoms with Crippen LogP contribution in [0.1, 0.15) is 18.5 Å². The van der Waals surface area contributed by atoms with E-state index in [2.05, 4.69) is 5.10 Å². The van der Waals surface area contributed by atoms with Gasteiger partial charge in [0.05, 0.1) is 11.6 Å². The van der Waals surface area contributed by atoms with Gasteiger partial charge < -0.3 is 0 Å². The first-order valence-corrected chi connectivity index (χ1v) is 5.73. The fourth-order valence-electron chi connectivity index (χ4n) is 2.20. The van der Waals surface area contributed by atoms with Gasteiger partial charge in [-0.15, -0.1) is 0 Å². The predicted octanol–water partition coefficient (Wildman–Crippen LogP) is 2.19. The Labute approximate surface area is 98.2 Å². The van der Waals surface area contributed by atoms with Gasteiger partial charge >= 0.3 is 6.18 Å². The van der Waals surface area contributed by atoms with E-state index in [0.717, 1.165) is 5.69 Å². The molecule has 0 saturated carbocycles. The molecular formula is C11H16F3N3. The molecule has 0 atom stereocenters. The molecule has 0 N–H and O–H groups in total. The molecule has 1 aliphatic rings. The van der Waals surface area contributed by atoms with Gasteiger partial charge in [-0.1, -0.05) is 0 Å². The zero-order valence-electron chi connectivity index (χ0n) is 9.74. The van der Waals surface area contributed by atoms with Crippen molar-refractivity contribution >= 4 is 0 Å². The van der Waals surface area contributed by atoms with Gasteiger partial charge in [-0.2, -0.15) is 18.3 Å². The van der Waals surface area contributed by atoms with Crippen LogP contribution in [0.4, 0.5) is 13.2 Å². The Balaban J connectivity index is 1.83. The van der Waals surface area contributed by atoms with E-state index in [1.165, 1.54) is 0 Å². The Morgan fingerprint density at radius 2 is 2.00 bits per heavy atom. The number of hydrogen-bond acceptors (Lipinski definition) is 2. The molecule has 2 rings (SSSR count). The Morgan fingerprint density at radius 1 is 1.35 bits per heavy atom. The maximum absolute atomic E-state index is 12.5. The summed E-state index contributed by atoms with van der Waals surface area (Å²) in [6.07, 6.45) is -1.78. The number of hydrogen-bond donors (Lipinski definition) is 0. The molecule has 17 heavy (non-hydrogen) atoms. The minimum Gasteiger partial charge on any atom is -0.297 e. The lowest BCUT2D eigenvalue weighted by atomic mass is 9.96. The molecule has 0 bridgehead atoms. The molecule has 96 valence electrons. The van der Waals surface area contributed by atoms with Crippen LogP contribution in [0.5, 0.6) is 0 Å². The van der Waals surface area contributed by atoms with Crippen molar-refractivity contribution in [3.8, 4) is 0 Å². The van der Waals surface area contributed by atoms with Crippen molar-refractivity contribution in [2.75, 3.05) is 13.1 Å². The topological polar surface area (TPSA) is 21.1 Å². The summed E-state index contributed by atoms with van der Waals surface area (Å²) in [7, 11) is 1.83. The monoisotopic (exact) mass is 247 g/mol. The summed E-state index contributed by atoms with van der Waals surface area (Å²) >= 11 is 0. The quantitative estimate of drug-likeness (QED) is 0.798. The van der Waals surface area contributed by atoms with Crippen molar-refractivity contribution in [2.24, 2.45) is 13.0 Å². The van der Waals surface area contributed by atoms with Crippen molar-refractivity contribution in [1.82, 2.24) is 14.7 Å². The van der Waals surface area contributed by atoms with Crippen LogP contribution in [0.3, 0.4) is 0 Å². The third kappa shape index (κ3) is 3.21. The van der Waals surface area contributed by atoms with Crippen LogP contribution in [0.25, 0.3) is 0 Å². The van der Waals surface area contributed by atoms with Gasteiger partial charge in [0, 0.05) is 19.8 Å². The van der Waals surface area contributed by atoms with Gasteiger partial charge in [0.25, 0.3) is 0 Å². The number of halogens is 3. The molecule has 0 amide bonds. The second kappa shape index (κ2) is 4.68. The lowest BCUT2D eigenvalue weighted by molar-refractivity contribution is -0.185. The average molecular weight is 247 g/mol. The largest absolute Gasteiger partial charge is 0.391 e. The number of piperidine rings is 1. The highest BCUT2D eigenvalue weighted by Crippen LogP contribution is 2.34. The molecule has 1 saturated heterocycles. The van der Waals surface area contributed by atoms with Gasteiger partial charge in [-0.3, -0.25) is 9.58 Å². The summed E-state index contributed by atoms with van der Waals surface area (Å²) < 4.78 is 39.1. The lowest BCUT2D eigenvalue weighted by Gasteiger charge is -2.32. The van der Waals surface area contributed by atoms with Crippen LogP contribution in [0.15, 0.2) is 12.3 Å². The molecular weight excluding hydrogens is 231 g/mol. The van der Waals surface area contributed by atoms with E-state index >= 15 is 0 Å². The lowest BCUT2D eigenvalue weighted by Crippen LogP contribution is -2.38. The number of nitrogens with zero attached hydrogens (tertiary/aromatic N) is 3. The van der Waals surface area contributed by atoms with Gasteiger partial charge in [-0.05, 0) is 32.0 Å². The van der Waals surface area contributed by atoms with Gasteiger partial charge in [0.2, 0.25) is 0 Å². The molecule has 2 heterocycles. The van der Waals surface area contributed by atoms with Gasteiger partial charge in [-0.25, -0.2) is 0 Å². The standard InChI is InChI=1S/C11H16F3N3/c1-16-5-4-10(15-16)8-17-6-2-9(3-7-17)11(12,13)14/h4-5,9H,2-3,6-8H2,1H3.